The molecule has 202 valence electrons. The predicted octanol–water partition coefficient (Wildman–Crippen LogP) is 6.84. The zero-order valence-corrected chi connectivity index (χ0v) is 21.3. The topological polar surface area (TPSA) is 54.7 Å². The van der Waals surface area contributed by atoms with Crippen molar-refractivity contribution in [3.63, 3.8) is 0 Å². The van der Waals surface area contributed by atoms with Crippen molar-refractivity contribution >= 4 is 12.4 Å². The Balaban J connectivity index is 2.21. The van der Waals surface area contributed by atoms with Crippen molar-refractivity contribution in [3.8, 4) is 0 Å². The van der Waals surface area contributed by atoms with Gasteiger partial charge in [0.05, 0.1) is 18.0 Å². The van der Waals surface area contributed by atoms with Crippen LogP contribution in [0, 0.1) is 5.41 Å². The zero-order chi connectivity index (χ0) is 27.9. The second-order valence-corrected chi connectivity index (χ2v) is 8.89. The van der Waals surface area contributed by atoms with E-state index in [9.17, 15) is 22.0 Å². The first kappa shape index (κ1) is 30.0. The van der Waals surface area contributed by atoms with Gasteiger partial charge in [-0.3, -0.25) is 4.99 Å². The fraction of sp³-hybridized carbons (Fsp3) is 0.407. The summed E-state index contributed by atoms with van der Waals surface area (Å²) in [4.78, 5) is 2.94. The molecule has 0 aromatic carbocycles. The van der Waals surface area contributed by atoms with Crippen LogP contribution in [-0.2, 0) is 0 Å². The highest BCUT2D eigenvalue weighted by Gasteiger charge is 2.34. The maximum atomic E-state index is 14.5. The van der Waals surface area contributed by atoms with Gasteiger partial charge in [-0.1, -0.05) is 51.7 Å². The number of allylic oxidation sites excluding steroid dienone is 4. The average molecular weight is 524 g/mol. The van der Waals surface area contributed by atoms with Crippen molar-refractivity contribution in [1.29, 1.82) is 5.41 Å². The second-order valence-electron chi connectivity index (χ2n) is 8.89. The van der Waals surface area contributed by atoms with Crippen LogP contribution >= 0.6 is 0 Å². The van der Waals surface area contributed by atoms with Crippen LogP contribution in [0.15, 0.2) is 88.4 Å². The zero-order valence-electron chi connectivity index (χ0n) is 21.3. The number of nitrogens with one attached hydrogen (secondary N) is 2. The molecule has 0 bridgehead atoms. The van der Waals surface area contributed by atoms with Crippen molar-refractivity contribution in [1.82, 2.24) is 15.3 Å². The minimum absolute atomic E-state index is 0.0402. The maximum absolute atomic E-state index is 14.5. The Morgan fingerprint density at radius 1 is 1.30 bits per heavy atom. The summed E-state index contributed by atoms with van der Waals surface area (Å²) in [6, 6.07) is -0.0717. The van der Waals surface area contributed by atoms with E-state index < -0.39 is 29.2 Å². The van der Waals surface area contributed by atoms with E-state index in [1.165, 1.54) is 0 Å². The lowest BCUT2D eigenvalue weighted by atomic mass is 9.98. The Bertz CT molecular complexity index is 1080. The van der Waals surface area contributed by atoms with Crippen LogP contribution in [0.1, 0.15) is 39.0 Å². The summed E-state index contributed by atoms with van der Waals surface area (Å²) in [6.45, 7) is 16.9. The van der Waals surface area contributed by atoms with Gasteiger partial charge in [0.2, 0.25) is 0 Å². The predicted molar refractivity (Wildman–Crippen MR) is 139 cm³/mol. The van der Waals surface area contributed by atoms with E-state index in [1.807, 2.05) is 18.1 Å². The summed E-state index contributed by atoms with van der Waals surface area (Å²) < 4.78 is 67.1. The number of halogens is 5. The monoisotopic (exact) mass is 523 g/mol. The third-order valence-corrected chi connectivity index (χ3v) is 6.25. The summed E-state index contributed by atoms with van der Waals surface area (Å²) in [7, 11) is 1.86. The van der Waals surface area contributed by atoms with Crippen LogP contribution in [0.25, 0.3) is 0 Å². The molecule has 5 nitrogen and oxygen atoms in total. The molecule has 2 rings (SSSR count). The van der Waals surface area contributed by atoms with Gasteiger partial charge in [0.25, 0.3) is 0 Å². The van der Waals surface area contributed by atoms with Gasteiger partial charge in [0.1, 0.15) is 11.5 Å². The van der Waals surface area contributed by atoms with E-state index in [4.69, 9.17) is 5.41 Å². The van der Waals surface area contributed by atoms with Gasteiger partial charge in [-0.25, -0.2) is 13.8 Å². The Hall–Kier alpha value is -3.27. The van der Waals surface area contributed by atoms with E-state index in [-0.39, 0.29) is 36.7 Å². The number of aliphatic imine (C=N–C) groups is 1. The number of hydrazine groups is 1. The molecule has 0 fully saturated rings. The van der Waals surface area contributed by atoms with Crippen LogP contribution in [0.2, 0.25) is 0 Å². The summed E-state index contributed by atoms with van der Waals surface area (Å²) in [6.07, 6.45) is 2.65. The van der Waals surface area contributed by atoms with E-state index in [0.717, 1.165) is 19.3 Å². The van der Waals surface area contributed by atoms with Gasteiger partial charge in [-0.15, -0.1) is 0 Å². The largest absolute Gasteiger partial charge is 0.433 e. The fourth-order valence-corrected chi connectivity index (χ4v) is 3.97. The molecule has 0 saturated heterocycles. The molecule has 0 saturated carbocycles. The van der Waals surface area contributed by atoms with Gasteiger partial charge < -0.3 is 15.7 Å². The lowest BCUT2D eigenvalue weighted by molar-refractivity contribution is -0.0921. The van der Waals surface area contributed by atoms with E-state index in [2.05, 4.69) is 43.7 Å². The van der Waals surface area contributed by atoms with Crippen molar-refractivity contribution in [2.75, 3.05) is 20.1 Å². The molecule has 0 aromatic rings. The molecule has 1 atom stereocenters. The number of rotatable bonds is 12. The summed E-state index contributed by atoms with van der Waals surface area (Å²) in [5.74, 6) is -1.61. The Morgan fingerprint density at radius 2 is 1.97 bits per heavy atom. The molecule has 2 aliphatic rings. The Morgan fingerprint density at radius 3 is 2.57 bits per heavy atom. The second kappa shape index (κ2) is 12.8. The molecular weight excluding hydrogens is 489 g/mol. The number of likely N-dealkylation sites (N-methyl/N-ethyl adjacent to an activating group) is 1. The molecule has 2 N–H and O–H groups in total. The van der Waals surface area contributed by atoms with Gasteiger partial charge >= 0.3 is 6.18 Å². The lowest BCUT2D eigenvalue weighted by Crippen LogP contribution is -2.49. The minimum atomic E-state index is -4.73. The first-order valence-corrected chi connectivity index (χ1v) is 11.9. The van der Waals surface area contributed by atoms with E-state index >= 15 is 0 Å². The number of alkyl halides is 3. The van der Waals surface area contributed by atoms with E-state index in [1.54, 1.807) is 11.1 Å². The maximum Gasteiger partial charge on any atom is 0.433 e. The molecule has 37 heavy (non-hydrogen) atoms. The van der Waals surface area contributed by atoms with Crippen molar-refractivity contribution in [3.05, 3.63) is 83.4 Å². The summed E-state index contributed by atoms with van der Waals surface area (Å²) in [5, 5.41) is 14.6. The van der Waals surface area contributed by atoms with Crippen molar-refractivity contribution in [2.45, 2.75) is 51.2 Å². The van der Waals surface area contributed by atoms with Crippen LogP contribution in [0.3, 0.4) is 0 Å². The fourth-order valence-electron chi connectivity index (χ4n) is 3.97. The van der Waals surface area contributed by atoms with Gasteiger partial charge in [-0.2, -0.15) is 13.2 Å². The molecule has 0 spiro atoms. The number of unbranched alkanes of at least 4 members (excludes halogenated alkanes) is 1. The van der Waals surface area contributed by atoms with Crippen LogP contribution in [-0.4, -0.2) is 54.8 Å². The van der Waals surface area contributed by atoms with Gasteiger partial charge in [0.15, 0.2) is 5.83 Å². The highest BCUT2D eigenvalue weighted by Crippen LogP contribution is 2.34. The van der Waals surface area contributed by atoms with Crippen molar-refractivity contribution in [2.24, 2.45) is 4.99 Å². The molecule has 1 aliphatic heterocycles. The molecule has 1 unspecified atom stereocenters. The molecule has 0 aromatic heterocycles. The third-order valence-electron chi connectivity index (χ3n) is 6.25. The third kappa shape index (κ3) is 7.61. The SMILES string of the molecule is C=N/C(=C\C(=N)C(=C)CNC(=C)C1=CC(CCCC)N(C)N(CC2=CCCC(F)=C2F)C1=C)C(F)(F)F. The van der Waals surface area contributed by atoms with Gasteiger partial charge in [-0.05, 0) is 31.2 Å². The minimum Gasteiger partial charge on any atom is -0.381 e. The van der Waals surface area contributed by atoms with Crippen LogP contribution < -0.4 is 5.32 Å². The highest BCUT2D eigenvalue weighted by molar-refractivity contribution is 6.06. The molecule has 0 radical (unpaired) electrons. The molecular formula is C27H34F5N5. The van der Waals surface area contributed by atoms with Gasteiger partial charge in [0, 0.05) is 42.9 Å². The molecule has 10 heteroatoms. The average Bonchev–Trinajstić information content (AvgIpc) is 2.84. The highest BCUT2D eigenvalue weighted by atomic mass is 19.4. The number of nitrogens with zero attached hydrogens (tertiary/aromatic N) is 3. The summed E-state index contributed by atoms with van der Waals surface area (Å²) >= 11 is 0. The first-order chi connectivity index (χ1) is 17.3. The Kier molecular flexibility index (Phi) is 10.4. The number of hydrogen-bond acceptors (Lipinski definition) is 5. The van der Waals surface area contributed by atoms with Crippen LogP contribution in [0.4, 0.5) is 22.0 Å². The Labute approximate surface area is 215 Å². The van der Waals surface area contributed by atoms with Crippen molar-refractivity contribution < 1.29 is 22.0 Å². The van der Waals surface area contributed by atoms with Crippen LogP contribution in [0.5, 0.6) is 0 Å². The lowest BCUT2D eigenvalue weighted by Gasteiger charge is -2.44. The summed E-state index contributed by atoms with van der Waals surface area (Å²) in [5.41, 5.74) is 0.151. The standard InChI is InChI=1S/C27H34F5N5/c1-7-8-11-21-13-22(18(3)35-15-17(2)24(33)14-25(34-5)27(30,31)32)19(4)37(36(21)6)16-20-10-9-12-23(28)26(20)29/h10,13-14,21,33,35H,2-5,7-9,11-12,15-16H2,1,6H3/b25-14-,33-24?. The molecule has 1 heterocycles. The normalized spacial score (nSPS) is 19.4. The quantitative estimate of drug-likeness (QED) is 0.217. The molecule has 1 aliphatic carbocycles. The van der Waals surface area contributed by atoms with E-state index in [0.29, 0.717) is 29.5 Å². The number of hydrogen-bond donors (Lipinski definition) is 2. The molecule has 0 amide bonds. The first-order valence-electron chi connectivity index (χ1n) is 11.9. The smallest absolute Gasteiger partial charge is 0.381 e.